The van der Waals surface area contributed by atoms with Gasteiger partial charge in [0, 0.05) is 16.7 Å². The van der Waals surface area contributed by atoms with E-state index in [1.54, 1.807) is 12.1 Å². The average Bonchev–Trinajstić information content (AvgIpc) is 2.88. The van der Waals surface area contributed by atoms with E-state index < -0.39 is 0 Å². The van der Waals surface area contributed by atoms with Gasteiger partial charge in [0.05, 0.1) is 5.56 Å². The van der Waals surface area contributed by atoms with Gasteiger partial charge in [-0.1, -0.05) is 22.0 Å². The number of hydrogen-bond donors (Lipinski definition) is 3. The number of benzene rings is 1. The number of nitrogens with one attached hydrogen (secondary N) is 2. The zero-order valence-electron chi connectivity index (χ0n) is 11.3. The highest BCUT2D eigenvalue weighted by atomic mass is 79.9. The summed E-state index contributed by atoms with van der Waals surface area (Å²) in [6.45, 7) is 0. The van der Waals surface area contributed by atoms with E-state index in [0.29, 0.717) is 11.6 Å². The Balaban J connectivity index is 1.67. The third-order valence-electron chi connectivity index (χ3n) is 3.61. The minimum absolute atomic E-state index is 0.330. The minimum atomic E-state index is -0.341. The van der Waals surface area contributed by atoms with E-state index in [-0.39, 0.29) is 5.91 Å². The maximum atomic E-state index is 11.3. The fraction of sp³-hybridized carbons (Fsp3) is 0.200. The molecule has 1 unspecified atom stereocenters. The number of fused-ring (bicyclic) bond motifs is 1. The first kappa shape index (κ1) is 14.0. The normalized spacial score (nSPS) is 16.4. The van der Waals surface area contributed by atoms with Crippen molar-refractivity contribution in [1.29, 1.82) is 0 Å². The molecule has 3 rings (SSSR count). The van der Waals surface area contributed by atoms with Crippen molar-refractivity contribution in [3.63, 3.8) is 0 Å². The van der Waals surface area contributed by atoms with E-state index in [9.17, 15) is 4.79 Å². The summed E-state index contributed by atoms with van der Waals surface area (Å²) in [5.41, 5.74) is 5.27. The molecule has 0 radical (unpaired) electrons. The predicted octanol–water partition coefficient (Wildman–Crippen LogP) is 2.03. The number of nitrogens with zero attached hydrogens (tertiary/aromatic N) is 1. The lowest BCUT2D eigenvalue weighted by atomic mass is 10.1. The molecule has 21 heavy (non-hydrogen) atoms. The Morgan fingerprint density at radius 3 is 2.76 bits per heavy atom. The van der Waals surface area contributed by atoms with Gasteiger partial charge in [0.1, 0.15) is 5.82 Å². The molecule has 1 aliphatic carbocycles. The predicted molar refractivity (Wildman–Crippen MR) is 84.9 cm³/mol. The lowest BCUT2D eigenvalue weighted by Gasteiger charge is -2.12. The minimum Gasteiger partial charge on any atom is -0.367 e. The number of nitrogen functional groups attached to an aromatic ring is 1. The Labute approximate surface area is 131 Å². The summed E-state index contributed by atoms with van der Waals surface area (Å²) in [4.78, 5) is 15.6. The summed E-state index contributed by atoms with van der Waals surface area (Å²) in [6.07, 6.45) is 3.47. The lowest BCUT2D eigenvalue weighted by Crippen LogP contribution is -2.30. The molecule has 0 spiro atoms. The van der Waals surface area contributed by atoms with E-state index in [1.807, 2.05) is 0 Å². The molecule has 1 aromatic heterocycles. The van der Waals surface area contributed by atoms with Crippen molar-refractivity contribution < 1.29 is 4.79 Å². The standard InChI is InChI=1S/C15H15BrN4O/c16-12-3-1-9-6-13(7-11(9)5-12)19-14-4-2-10(8-18-14)15(21)20-17/h1-5,8,13H,6-7,17H2,(H,18,19)(H,20,21). The molecule has 0 saturated carbocycles. The van der Waals surface area contributed by atoms with Crippen LogP contribution in [-0.2, 0) is 12.8 Å². The van der Waals surface area contributed by atoms with Gasteiger partial charge in [-0.15, -0.1) is 0 Å². The number of nitrogens with two attached hydrogens (primary N) is 1. The zero-order chi connectivity index (χ0) is 14.8. The number of rotatable bonds is 3. The van der Waals surface area contributed by atoms with Crippen LogP contribution >= 0.6 is 15.9 Å². The molecule has 6 heteroatoms. The number of hydrogen-bond acceptors (Lipinski definition) is 4. The summed E-state index contributed by atoms with van der Waals surface area (Å²) >= 11 is 3.50. The fourth-order valence-electron chi connectivity index (χ4n) is 2.59. The second-order valence-corrected chi connectivity index (χ2v) is 5.98. The summed E-state index contributed by atoms with van der Waals surface area (Å²) in [5, 5.41) is 3.40. The van der Waals surface area contributed by atoms with Crippen LogP contribution in [0.3, 0.4) is 0 Å². The third-order valence-corrected chi connectivity index (χ3v) is 4.10. The number of aromatic nitrogens is 1. The maximum absolute atomic E-state index is 11.3. The topological polar surface area (TPSA) is 80.0 Å². The van der Waals surface area contributed by atoms with Gasteiger partial charge in [0.25, 0.3) is 5.91 Å². The van der Waals surface area contributed by atoms with Crippen LogP contribution in [0.25, 0.3) is 0 Å². The average molecular weight is 347 g/mol. The molecule has 0 aliphatic heterocycles. The van der Waals surface area contributed by atoms with Gasteiger partial charge in [-0.25, -0.2) is 10.8 Å². The number of pyridine rings is 1. The Morgan fingerprint density at radius 1 is 1.24 bits per heavy atom. The highest BCUT2D eigenvalue weighted by Crippen LogP contribution is 2.27. The Hall–Kier alpha value is -1.92. The highest BCUT2D eigenvalue weighted by Gasteiger charge is 2.21. The smallest absolute Gasteiger partial charge is 0.266 e. The molecular formula is C15H15BrN4O. The molecule has 0 saturated heterocycles. The van der Waals surface area contributed by atoms with Crippen molar-refractivity contribution in [3.8, 4) is 0 Å². The van der Waals surface area contributed by atoms with Gasteiger partial charge < -0.3 is 5.32 Å². The monoisotopic (exact) mass is 346 g/mol. The number of carbonyl (C=O) groups excluding carboxylic acids is 1. The van der Waals surface area contributed by atoms with Crippen LogP contribution in [0.4, 0.5) is 5.82 Å². The summed E-state index contributed by atoms with van der Waals surface area (Å²) < 4.78 is 1.11. The van der Waals surface area contributed by atoms with Crippen LogP contribution in [0.1, 0.15) is 21.5 Å². The quantitative estimate of drug-likeness (QED) is 0.451. The van der Waals surface area contributed by atoms with Crippen molar-refractivity contribution in [2.75, 3.05) is 5.32 Å². The van der Waals surface area contributed by atoms with E-state index >= 15 is 0 Å². The molecule has 108 valence electrons. The van der Waals surface area contributed by atoms with Crippen LogP contribution < -0.4 is 16.6 Å². The Bertz CT molecular complexity index is 672. The van der Waals surface area contributed by atoms with Gasteiger partial charge in [-0.05, 0) is 48.2 Å². The van der Waals surface area contributed by atoms with E-state index in [1.165, 1.54) is 17.3 Å². The highest BCUT2D eigenvalue weighted by molar-refractivity contribution is 9.10. The van der Waals surface area contributed by atoms with Crippen molar-refractivity contribution >= 4 is 27.7 Å². The molecule has 1 aliphatic rings. The van der Waals surface area contributed by atoms with Crippen molar-refractivity contribution in [2.24, 2.45) is 5.84 Å². The van der Waals surface area contributed by atoms with Crippen LogP contribution in [0.5, 0.6) is 0 Å². The number of carbonyl (C=O) groups is 1. The van der Waals surface area contributed by atoms with Crippen molar-refractivity contribution in [2.45, 2.75) is 18.9 Å². The fourth-order valence-corrected chi connectivity index (χ4v) is 3.00. The summed E-state index contributed by atoms with van der Waals surface area (Å²) in [7, 11) is 0. The van der Waals surface area contributed by atoms with Gasteiger partial charge in [-0.3, -0.25) is 10.2 Å². The Morgan fingerprint density at radius 2 is 2.05 bits per heavy atom. The van der Waals surface area contributed by atoms with Crippen LogP contribution in [0.15, 0.2) is 41.0 Å². The first-order valence-electron chi connectivity index (χ1n) is 6.66. The second-order valence-electron chi connectivity index (χ2n) is 5.07. The Kier molecular flexibility index (Phi) is 3.90. The van der Waals surface area contributed by atoms with Gasteiger partial charge in [0.15, 0.2) is 0 Å². The number of hydrazine groups is 1. The number of amides is 1. The number of halogens is 1. The van der Waals surface area contributed by atoms with Crippen LogP contribution in [0.2, 0.25) is 0 Å². The van der Waals surface area contributed by atoms with Crippen molar-refractivity contribution in [3.05, 3.63) is 57.7 Å². The molecule has 5 nitrogen and oxygen atoms in total. The third kappa shape index (κ3) is 3.06. The first-order chi connectivity index (χ1) is 10.2. The molecule has 1 amide bonds. The zero-order valence-corrected chi connectivity index (χ0v) is 12.9. The number of anilines is 1. The van der Waals surface area contributed by atoms with E-state index in [2.05, 4.69) is 49.9 Å². The lowest BCUT2D eigenvalue weighted by molar-refractivity contribution is 0.0953. The molecule has 1 heterocycles. The molecule has 1 aromatic carbocycles. The van der Waals surface area contributed by atoms with Crippen LogP contribution in [-0.4, -0.2) is 16.9 Å². The molecule has 0 bridgehead atoms. The van der Waals surface area contributed by atoms with Gasteiger partial charge in [-0.2, -0.15) is 0 Å². The first-order valence-corrected chi connectivity index (χ1v) is 7.46. The summed E-state index contributed by atoms with van der Waals surface area (Å²) in [6, 6.07) is 10.2. The SMILES string of the molecule is NNC(=O)c1ccc(NC2Cc3ccc(Br)cc3C2)nc1. The largest absolute Gasteiger partial charge is 0.367 e. The van der Waals surface area contributed by atoms with Crippen molar-refractivity contribution in [1.82, 2.24) is 10.4 Å². The second kappa shape index (κ2) is 5.83. The molecule has 2 aromatic rings. The van der Waals surface area contributed by atoms with Gasteiger partial charge in [0.2, 0.25) is 0 Å². The maximum Gasteiger partial charge on any atom is 0.266 e. The molecule has 4 N–H and O–H groups in total. The van der Waals surface area contributed by atoms with Gasteiger partial charge >= 0.3 is 0 Å². The van der Waals surface area contributed by atoms with E-state index in [4.69, 9.17) is 5.84 Å². The molecular weight excluding hydrogens is 332 g/mol. The summed E-state index contributed by atoms with van der Waals surface area (Å²) in [5.74, 6) is 5.51. The van der Waals surface area contributed by atoms with E-state index in [0.717, 1.165) is 23.1 Å². The molecule has 1 atom stereocenters. The van der Waals surface area contributed by atoms with Crippen LogP contribution in [0, 0.1) is 0 Å². The molecule has 0 fully saturated rings.